The number of aromatic nitrogens is 2. The van der Waals surface area contributed by atoms with E-state index in [1.54, 1.807) is 31.2 Å². The summed E-state index contributed by atoms with van der Waals surface area (Å²) in [7, 11) is -3.69. The molecule has 0 saturated carbocycles. The Morgan fingerprint density at radius 1 is 1.04 bits per heavy atom. The fraction of sp³-hybridized carbons (Fsp3) is 0.400. The number of hydrogen-bond acceptors (Lipinski definition) is 5. The summed E-state index contributed by atoms with van der Waals surface area (Å²) in [6.45, 7) is 4.44. The molecule has 1 aromatic heterocycles. The van der Waals surface area contributed by atoms with E-state index in [0.29, 0.717) is 11.4 Å². The van der Waals surface area contributed by atoms with Crippen molar-refractivity contribution in [1.29, 1.82) is 0 Å². The Kier molecular flexibility index (Phi) is 6.11. The summed E-state index contributed by atoms with van der Waals surface area (Å²) in [6, 6.07) is 8.70. The molecule has 2 aromatic rings. The third-order valence-corrected chi connectivity index (χ3v) is 6.17. The van der Waals surface area contributed by atoms with Gasteiger partial charge in [-0.15, -0.1) is 10.2 Å². The van der Waals surface area contributed by atoms with E-state index in [9.17, 15) is 8.42 Å². The van der Waals surface area contributed by atoms with Crippen LogP contribution in [0.5, 0.6) is 0 Å². The second-order valence-corrected chi connectivity index (χ2v) is 8.61. The molecule has 0 aliphatic heterocycles. The summed E-state index contributed by atoms with van der Waals surface area (Å²) in [5.74, 6) is 0.845. The first-order valence-electron chi connectivity index (χ1n) is 9.30. The minimum absolute atomic E-state index is 0.205. The maximum absolute atomic E-state index is 12.6. The quantitative estimate of drug-likeness (QED) is 0.697. The van der Waals surface area contributed by atoms with Crippen LogP contribution >= 0.6 is 0 Å². The first-order chi connectivity index (χ1) is 12.9. The van der Waals surface area contributed by atoms with Gasteiger partial charge in [-0.1, -0.05) is 23.8 Å². The van der Waals surface area contributed by atoms with Crippen molar-refractivity contribution in [3.05, 3.63) is 53.1 Å². The number of allylic oxidation sites excluding steroid dienone is 1. The molecule has 0 fully saturated rings. The average molecular weight is 387 g/mol. The van der Waals surface area contributed by atoms with Gasteiger partial charge in [-0.05, 0) is 75.3 Å². The standard InChI is InChI=1S/C20H26N4O2S/c1-15-8-9-16(2)18(14-15)27(25,26)24-20-11-10-19(22-23-20)21-13-12-17-6-4-3-5-7-17/h6,8-11,14H,3-5,7,12-13H2,1-2H3,(H,21,22)(H,23,24). The van der Waals surface area contributed by atoms with Crippen LogP contribution in [0.15, 0.2) is 46.9 Å². The summed E-state index contributed by atoms with van der Waals surface area (Å²) in [5.41, 5.74) is 3.08. The highest BCUT2D eigenvalue weighted by Gasteiger charge is 2.18. The van der Waals surface area contributed by atoms with Crippen LogP contribution in [0.1, 0.15) is 43.2 Å². The molecular weight excluding hydrogens is 360 g/mol. The maximum atomic E-state index is 12.6. The molecule has 1 aromatic carbocycles. The van der Waals surface area contributed by atoms with Crippen LogP contribution in [0.3, 0.4) is 0 Å². The molecular formula is C20H26N4O2S. The van der Waals surface area contributed by atoms with E-state index in [0.717, 1.165) is 18.5 Å². The van der Waals surface area contributed by atoms with E-state index in [4.69, 9.17) is 0 Å². The number of benzene rings is 1. The van der Waals surface area contributed by atoms with Gasteiger partial charge in [-0.3, -0.25) is 4.72 Å². The Morgan fingerprint density at radius 3 is 2.52 bits per heavy atom. The van der Waals surface area contributed by atoms with Crippen LogP contribution in [-0.2, 0) is 10.0 Å². The third kappa shape index (κ3) is 5.29. The van der Waals surface area contributed by atoms with Gasteiger partial charge in [0.25, 0.3) is 10.0 Å². The van der Waals surface area contributed by atoms with Crippen molar-refractivity contribution >= 4 is 21.7 Å². The van der Waals surface area contributed by atoms with Crippen LogP contribution in [0.2, 0.25) is 0 Å². The highest BCUT2D eigenvalue weighted by atomic mass is 32.2. The van der Waals surface area contributed by atoms with Gasteiger partial charge < -0.3 is 5.32 Å². The first kappa shape index (κ1) is 19.4. The van der Waals surface area contributed by atoms with Gasteiger partial charge in [0.05, 0.1) is 4.90 Å². The van der Waals surface area contributed by atoms with E-state index in [1.165, 1.54) is 31.3 Å². The lowest BCUT2D eigenvalue weighted by Crippen LogP contribution is -2.16. The second kappa shape index (κ2) is 8.52. The molecule has 1 aliphatic rings. The number of anilines is 2. The molecule has 0 spiro atoms. The molecule has 7 heteroatoms. The molecule has 0 bridgehead atoms. The van der Waals surface area contributed by atoms with E-state index in [2.05, 4.69) is 26.3 Å². The van der Waals surface area contributed by atoms with Gasteiger partial charge in [0.1, 0.15) is 5.82 Å². The molecule has 3 rings (SSSR count). The van der Waals surface area contributed by atoms with Crippen LogP contribution < -0.4 is 10.0 Å². The molecule has 27 heavy (non-hydrogen) atoms. The topological polar surface area (TPSA) is 84.0 Å². The Balaban J connectivity index is 1.60. The van der Waals surface area contributed by atoms with E-state index in [-0.39, 0.29) is 10.7 Å². The fourth-order valence-electron chi connectivity index (χ4n) is 3.15. The van der Waals surface area contributed by atoms with Gasteiger partial charge in [-0.2, -0.15) is 0 Å². The highest BCUT2D eigenvalue weighted by molar-refractivity contribution is 7.92. The van der Waals surface area contributed by atoms with Crippen molar-refractivity contribution < 1.29 is 8.42 Å². The number of nitrogens with one attached hydrogen (secondary N) is 2. The smallest absolute Gasteiger partial charge is 0.263 e. The molecule has 0 amide bonds. The predicted molar refractivity (Wildman–Crippen MR) is 108 cm³/mol. The molecule has 6 nitrogen and oxygen atoms in total. The normalized spacial score (nSPS) is 14.5. The largest absolute Gasteiger partial charge is 0.368 e. The van der Waals surface area contributed by atoms with E-state index in [1.807, 2.05) is 13.0 Å². The van der Waals surface area contributed by atoms with Crippen LogP contribution in [0.25, 0.3) is 0 Å². The van der Waals surface area contributed by atoms with Crippen molar-refractivity contribution in [2.75, 3.05) is 16.6 Å². The summed E-state index contributed by atoms with van der Waals surface area (Å²) in [6.07, 6.45) is 8.28. The van der Waals surface area contributed by atoms with Crippen LogP contribution in [0.4, 0.5) is 11.6 Å². The summed E-state index contributed by atoms with van der Waals surface area (Å²) in [5, 5.41) is 11.3. The Labute approximate surface area is 161 Å². The van der Waals surface area contributed by atoms with Crippen molar-refractivity contribution in [2.45, 2.75) is 50.8 Å². The van der Waals surface area contributed by atoms with Gasteiger partial charge >= 0.3 is 0 Å². The van der Waals surface area contributed by atoms with Gasteiger partial charge in [0.2, 0.25) is 0 Å². The molecule has 0 radical (unpaired) electrons. The monoisotopic (exact) mass is 386 g/mol. The van der Waals surface area contributed by atoms with Crippen molar-refractivity contribution in [3.63, 3.8) is 0 Å². The SMILES string of the molecule is Cc1ccc(C)c(S(=O)(=O)Nc2ccc(NCCC3=CCCCC3)nn2)c1. The van der Waals surface area contributed by atoms with E-state index < -0.39 is 10.0 Å². The minimum atomic E-state index is -3.69. The number of nitrogens with zero attached hydrogens (tertiary/aromatic N) is 2. The van der Waals surface area contributed by atoms with E-state index >= 15 is 0 Å². The Morgan fingerprint density at radius 2 is 1.81 bits per heavy atom. The van der Waals surface area contributed by atoms with Gasteiger partial charge in [0, 0.05) is 6.54 Å². The van der Waals surface area contributed by atoms with Crippen molar-refractivity contribution in [1.82, 2.24) is 10.2 Å². The maximum Gasteiger partial charge on any atom is 0.263 e. The summed E-state index contributed by atoms with van der Waals surface area (Å²) >= 11 is 0. The average Bonchev–Trinajstić information content (AvgIpc) is 2.66. The highest BCUT2D eigenvalue weighted by Crippen LogP contribution is 2.21. The fourth-order valence-corrected chi connectivity index (χ4v) is 4.48. The minimum Gasteiger partial charge on any atom is -0.368 e. The summed E-state index contributed by atoms with van der Waals surface area (Å²) in [4.78, 5) is 0.257. The molecule has 2 N–H and O–H groups in total. The Hall–Kier alpha value is -2.41. The lowest BCUT2D eigenvalue weighted by atomic mass is 9.97. The predicted octanol–water partition coefficient (Wildman–Crippen LogP) is 4.20. The summed E-state index contributed by atoms with van der Waals surface area (Å²) < 4.78 is 27.7. The molecule has 0 atom stereocenters. The molecule has 0 unspecified atom stereocenters. The third-order valence-electron chi connectivity index (χ3n) is 4.67. The zero-order valence-corrected chi connectivity index (χ0v) is 16.6. The van der Waals surface area contributed by atoms with Gasteiger partial charge in [-0.25, -0.2) is 8.42 Å². The molecule has 144 valence electrons. The zero-order valence-electron chi connectivity index (χ0n) is 15.8. The van der Waals surface area contributed by atoms with Gasteiger partial charge in [0.15, 0.2) is 5.82 Å². The lowest BCUT2D eigenvalue weighted by Gasteiger charge is -2.13. The number of hydrogen-bond donors (Lipinski definition) is 2. The van der Waals surface area contributed by atoms with Crippen molar-refractivity contribution in [2.24, 2.45) is 0 Å². The molecule has 1 heterocycles. The number of aryl methyl sites for hydroxylation is 2. The van der Waals surface area contributed by atoms with Crippen LogP contribution in [-0.4, -0.2) is 25.2 Å². The number of sulfonamides is 1. The molecule has 1 aliphatic carbocycles. The van der Waals surface area contributed by atoms with Crippen molar-refractivity contribution in [3.8, 4) is 0 Å². The molecule has 0 saturated heterocycles. The lowest BCUT2D eigenvalue weighted by molar-refractivity contribution is 0.600. The zero-order chi connectivity index (χ0) is 19.3. The second-order valence-electron chi connectivity index (χ2n) is 6.96. The Bertz CT molecular complexity index is 921. The first-order valence-corrected chi connectivity index (χ1v) is 10.8. The number of rotatable bonds is 7. The van der Waals surface area contributed by atoms with Crippen LogP contribution in [0, 0.1) is 13.8 Å².